The van der Waals surface area contributed by atoms with Crippen molar-refractivity contribution >= 4 is 5.91 Å². The molecule has 4 aromatic rings. The number of carbonyl (C=O) groups excluding carboxylic acids is 1. The number of nitrogens with zero attached hydrogens (tertiary/aromatic N) is 2. The van der Waals surface area contributed by atoms with Crippen LogP contribution in [-0.4, -0.2) is 15.4 Å². The van der Waals surface area contributed by atoms with Gasteiger partial charge in [-0.1, -0.05) is 91.0 Å². The van der Waals surface area contributed by atoms with Crippen LogP contribution >= 0.6 is 0 Å². The molecule has 0 N–H and O–H groups in total. The Labute approximate surface area is 178 Å². The van der Waals surface area contributed by atoms with Gasteiger partial charge in [0.25, 0.3) is 0 Å². The summed E-state index contributed by atoms with van der Waals surface area (Å²) in [5.74, 6) is 0.137. The number of aromatic nitrogens is 1. The van der Waals surface area contributed by atoms with E-state index in [0.717, 1.165) is 23.4 Å². The number of hydrogen-bond donors (Lipinski definition) is 0. The molecule has 1 heterocycles. The van der Waals surface area contributed by atoms with Crippen LogP contribution in [0, 0.1) is 0 Å². The number of benzene rings is 3. The van der Waals surface area contributed by atoms with Gasteiger partial charge in [-0.25, -0.2) is 0 Å². The minimum Gasteiger partial charge on any atom is -0.345 e. The van der Waals surface area contributed by atoms with Gasteiger partial charge in [0.1, 0.15) is 0 Å². The van der Waals surface area contributed by atoms with Gasteiger partial charge in [0.15, 0.2) is 0 Å². The maximum Gasteiger partial charge on any atom is 0.227 e. The molecule has 0 aliphatic rings. The second-order valence-electron chi connectivity index (χ2n) is 7.51. The van der Waals surface area contributed by atoms with Gasteiger partial charge in [0.05, 0.1) is 13.0 Å². The highest BCUT2D eigenvalue weighted by Crippen LogP contribution is 2.15. The van der Waals surface area contributed by atoms with E-state index in [4.69, 9.17) is 0 Å². The number of carbonyl (C=O) groups is 1. The third-order valence-electron chi connectivity index (χ3n) is 5.24. The monoisotopic (exact) mass is 394 g/mol. The Morgan fingerprint density at radius 2 is 1.20 bits per heavy atom. The highest BCUT2D eigenvalue weighted by molar-refractivity contribution is 5.78. The quantitative estimate of drug-likeness (QED) is 0.398. The normalized spacial score (nSPS) is 10.7. The van der Waals surface area contributed by atoms with Crippen molar-refractivity contribution in [1.29, 1.82) is 0 Å². The summed E-state index contributed by atoms with van der Waals surface area (Å²) in [4.78, 5) is 15.2. The smallest absolute Gasteiger partial charge is 0.227 e. The zero-order valence-corrected chi connectivity index (χ0v) is 17.0. The Kier molecular flexibility index (Phi) is 6.41. The van der Waals surface area contributed by atoms with Crippen LogP contribution in [0.4, 0.5) is 0 Å². The van der Waals surface area contributed by atoms with Crippen LogP contribution in [0.2, 0.25) is 0 Å². The average molecular weight is 395 g/mol. The molecule has 0 saturated carbocycles. The minimum atomic E-state index is 0.137. The lowest BCUT2D eigenvalue weighted by atomic mass is 10.1. The first-order valence-corrected chi connectivity index (χ1v) is 10.3. The van der Waals surface area contributed by atoms with Crippen LogP contribution in [0.3, 0.4) is 0 Å². The highest BCUT2D eigenvalue weighted by atomic mass is 16.2. The van der Waals surface area contributed by atoms with Crippen LogP contribution in [0.5, 0.6) is 0 Å². The fourth-order valence-corrected chi connectivity index (χ4v) is 3.64. The molecule has 0 fully saturated rings. The molecule has 0 radical (unpaired) electrons. The fourth-order valence-electron chi connectivity index (χ4n) is 3.64. The largest absolute Gasteiger partial charge is 0.345 e. The van der Waals surface area contributed by atoms with Crippen LogP contribution in [0.15, 0.2) is 109 Å². The van der Waals surface area contributed by atoms with Crippen molar-refractivity contribution in [2.75, 3.05) is 0 Å². The maximum absolute atomic E-state index is 13.2. The average Bonchev–Trinajstić information content (AvgIpc) is 3.22. The molecular formula is C27H26N2O. The van der Waals surface area contributed by atoms with Crippen LogP contribution < -0.4 is 0 Å². The summed E-state index contributed by atoms with van der Waals surface area (Å²) in [6.45, 7) is 1.98. The van der Waals surface area contributed by atoms with E-state index in [1.54, 1.807) is 0 Å². The fraction of sp³-hybridized carbons (Fsp3) is 0.148. The molecule has 1 amide bonds. The number of amides is 1. The lowest BCUT2D eigenvalue weighted by molar-refractivity contribution is -0.131. The second-order valence-corrected chi connectivity index (χ2v) is 7.51. The molecule has 3 nitrogen and oxygen atoms in total. The zero-order valence-electron chi connectivity index (χ0n) is 17.0. The lowest BCUT2D eigenvalue weighted by Gasteiger charge is -2.24. The molecule has 4 rings (SSSR count). The third kappa shape index (κ3) is 5.26. The minimum absolute atomic E-state index is 0.137. The number of rotatable bonds is 8. The van der Waals surface area contributed by atoms with Gasteiger partial charge in [-0.05, 0) is 28.8 Å². The first kappa shape index (κ1) is 19.7. The van der Waals surface area contributed by atoms with Gasteiger partial charge in [-0.3, -0.25) is 4.79 Å². The van der Waals surface area contributed by atoms with Gasteiger partial charge in [-0.2, -0.15) is 0 Å². The maximum atomic E-state index is 13.2. The predicted octanol–water partition coefficient (Wildman–Crippen LogP) is 5.31. The van der Waals surface area contributed by atoms with Gasteiger partial charge in [0, 0.05) is 25.0 Å². The van der Waals surface area contributed by atoms with E-state index in [1.165, 1.54) is 5.56 Å². The molecule has 0 saturated heterocycles. The molecule has 150 valence electrons. The summed E-state index contributed by atoms with van der Waals surface area (Å²) in [5, 5.41) is 0. The molecular weight excluding hydrogens is 368 g/mol. The first-order chi connectivity index (χ1) is 14.8. The van der Waals surface area contributed by atoms with Crippen LogP contribution in [-0.2, 0) is 30.8 Å². The Balaban J connectivity index is 1.54. The van der Waals surface area contributed by atoms with E-state index < -0.39 is 0 Å². The summed E-state index contributed by atoms with van der Waals surface area (Å²) >= 11 is 0. The summed E-state index contributed by atoms with van der Waals surface area (Å²) in [5.41, 5.74) is 4.57. The van der Waals surface area contributed by atoms with E-state index in [2.05, 4.69) is 59.3 Å². The van der Waals surface area contributed by atoms with Crippen LogP contribution in [0.25, 0.3) is 0 Å². The highest BCUT2D eigenvalue weighted by Gasteiger charge is 2.17. The molecule has 3 heteroatoms. The first-order valence-electron chi connectivity index (χ1n) is 10.3. The van der Waals surface area contributed by atoms with Crippen molar-refractivity contribution in [3.05, 3.63) is 132 Å². The standard InChI is InChI=1S/C27H26N2O/c30-27(19-23-11-4-1-5-12-23)29(21-25-15-8-3-9-16-25)22-26-17-10-18-28(26)20-24-13-6-2-7-14-24/h1-18H,19-22H2. The molecule has 3 aromatic carbocycles. The topological polar surface area (TPSA) is 25.2 Å². The van der Waals surface area contributed by atoms with Gasteiger partial charge >= 0.3 is 0 Å². The van der Waals surface area contributed by atoms with Crippen molar-refractivity contribution in [3.63, 3.8) is 0 Å². The molecule has 1 aromatic heterocycles. The van der Waals surface area contributed by atoms with E-state index in [-0.39, 0.29) is 5.91 Å². The van der Waals surface area contributed by atoms with Crippen molar-refractivity contribution in [2.24, 2.45) is 0 Å². The predicted molar refractivity (Wildman–Crippen MR) is 121 cm³/mol. The van der Waals surface area contributed by atoms with Gasteiger partial charge in [0.2, 0.25) is 5.91 Å². The van der Waals surface area contributed by atoms with Crippen molar-refractivity contribution < 1.29 is 4.79 Å². The molecule has 30 heavy (non-hydrogen) atoms. The molecule has 0 unspecified atom stereocenters. The van der Waals surface area contributed by atoms with E-state index >= 15 is 0 Å². The van der Waals surface area contributed by atoms with Crippen molar-refractivity contribution in [3.8, 4) is 0 Å². The Morgan fingerprint density at radius 1 is 0.633 bits per heavy atom. The third-order valence-corrected chi connectivity index (χ3v) is 5.24. The molecule has 0 atom stereocenters. The van der Waals surface area contributed by atoms with Gasteiger partial charge in [-0.15, -0.1) is 0 Å². The Hall–Kier alpha value is -3.59. The van der Waals surface area contributed by atoms with Crippen LogP contribution in [0.1, 0.15) is 22.4 Å². The van der Waals surface area contributed by atoms with E-state index in [1.807, 2.05) is 59.5 Å². The molecule has 0 aliphatic carbocycles. The molecule has 0 bridgehead atoms. The number of hydrogen-bond acceptors (Lipinski definition) is 1. The van der Waals surface area contributed by atoms with Crippen molar-refractivity contribution in [1.82, 2.24) is 9.47 Å². The zero-order chi connectivity index (χ0) is 20.6. The summed E-state index contributed by atoms with van der Waals surface area (Å²) in [6.07, 6.45) is 2.50. The summed E-state index contributed by atoms with van der Waals surface area (Å²) in [6, 6.07) is 34.7. The molecule has 0 aliphatic heterocycles. The Bertz CT molecular complexity index is 1060. The second kappa shape index (κ2) is 9.75. The summed E-state index contributed by atoms with van der Waals surface area (Å²) < 4.78 is 2.23. The molecule has 0 spiro atoms. The van der Waals surface area contributed by atoms with Gasteiger partial charge < -0.3 is 9.47 Å². The SMILES string of the molecule is O=C(Cc1ccccc1)N(Cc1ccccc1)Cc1cccn1Cc1ccccc1. The van der Waals surface area contributed by atoms with E-state index in [9.17, 15) is 4.79 Å². The summed E-state index contributed by atoms with van der Waals surface area (Å²) in [7, 11) is 0. The van der Waals surface area contributed by atoms with E-state index in [0.29, 0.717) is 19.5 Å². The Morgan fingerprint density at radius 3 is 1.83 bits per heavy atom. The van der Waals surface area contributed by atoms with Crippen molar-refractivity contribution in [2.45, 2.75) is 26.1 Å². The lowest BCUT2D eigenvalue weighted by Crippen LogP contribution is -2.32.